The van der Waals surface area contributed by atoms with Gasteiger partial charge in [0.25, 0.3) is 5.56 Å². The number of rotatable bonds is 13. The molecule has 1 aliphatic rings. The smallest absolute Gasteiger partial charge is 0.387 e. The number of anilines is 1. The number of carbonyl (C=O) groups is 1. The number of imidazole rings is 1. The Balaban J connectivity index is 1.07. The van der Waals surface area contributed by atoms with Crippen molar-refractivity contribution in [1.82, 2.24) is 24.8 Å². The Hall–Kier alpha value is -3.54. The van der Waals surface area contributed by atoms with Gasteiger partial charge in [-0.15, -0.1) is 0 Å². The molecule has 45 heavy (non-hydrogen) atoms. The first-order valence-corrected chi connectivity index (χ1v) is 16.5. The van der Waals surface area contributed by atoms with Gasteiger partial charge in [0.2, 0.25) is 11.9 Å². The van der Waals surface area contributed by atoms with Crippen LogP contribution in [0, 0.1) is 0 Å². The number of aliphatic hydroxyl groups excluding tert-OH is 2. The summed E-state index contributed by atoms with van der Waals surface area (Å²) in [6, 6.07) is 13.4. The molecule has 3 heterocycles. The second-order valence-corrected chi connectivity index (χ2v) is 13.0. The molecule has 8 N–H and O–H groups in total. The van der Waals surface area contributed by atoms with Gasteiger partial charge in [0.15, 0.2) is 17.4 Å². The van der Waals surface area contributed by atoms with Crippen LogP contribution in [0.25, 0.3) is 21.9 Å². The number of nitrogen functional groups attached to an aromatic ring is 1. The van der Waals surface area contributed by atoms with E-state index in [-0.39, 0.29) is 42.4 Å². The average molecular weight is 668 g/mol. The zero-order valence-electron chi connectivity index (χ0n) is 23.3. The van der Waals surface area contributed by atoms with Crippen LogP contribution < -0.4 is 16.6 Å². The van der Waals surface area contributed by atoms with E-state index >= 15 is 0 Å². The van der Waals surface area contributed by atoms with Crippen LogP contribution in [0.2, 0.25) is 0 Å². The van der Waals surface area contributed by atoms with Crippen molar-refractivity contribution in [2.45, 2.75) is 43.9 Å². The number of ether oxygens (including phenoxy) is 1. The van der Waals surface area contributed by atoms with Crippen molar-refractivity contribution in [3.8, 4) is 0 Å². The van der Waals surface area contributed by atoms with Crippen LogP contribution in [-0.2, 0) is 38.6 Å². The van der Waals surface area contributed by atoms with Crippen molar-refractivity contribution in [3.63, 3.8) is 0 Å². The van der Waals surface area contributed by atoms with E-state index in [1.165, 1.54) is 0 Å². The molecule has 0 bridgehead atoms. The van der Waals surface area contributed by atoms with Gasteiger partial charge in [-0.05, 0) is 22.8 Å². The fourth-order valence-electron chi connectivity index (χ4n) is 4.71. The fourth-order valence-corrected chi connectivity index (χ4v) is 6.83. The molecular weight excluding hydrogens is 638 g/mol. The van der Waals surface area contributed by atoms with Crippen LogP contribution in [0.4, 0.5) is 5.95 Å². The van der Waals surface area contributed by atoms with Crippen molar-refractivity contribution in [3.05, 3.63) is 64.7 Å². The molecule has 0 spiro atoms. The highest BCUT2D eigenvalue weighted by molar-refractivity contribution is 7.61. The molecule has 0 saturated carbocycles. The van der Waals surface area contributed by atoms with Gasteiger partial charge in [-0.25, -0.2) is 14.1 Å². The Labute approximate surface area is 254 Å². The summed E-state index contributed by atoms with van der Waals surface area (Å²) in [5.41, 5.74) is 5.64. The number of phosphoric ester groups is 2. The number of aromatic amines is 1. The first-order chi connectivity index (χ1) is 21.3. The summed E-state index contributed by atoms with van der Waals surface area (Å²) in [6.07, 6.45) is -5.06. The number of benzene rings is 2. The Kier molecular flexibility index (Phi) is 9.81. The van der Waals surface area contributed by atoms with Gasteiger partial charge in [-0.1, -0.05) is 42.5 Å². The summed E-state index contributed by atoms with van der Waals surface area (Å²) >= 11 is 0. The lowest BCUT2D eigenvalue weighted by Gasteiger charge is -2.19. The van der Waals surface area contributed by atoms with Crippen molar-refractivity contribution >= 4 is 49.4 Å². The molecule has 1 amide bonds. The van der Waals surface area contributed by atoms with Crippen molar-refractivity contribution in [2.24, 2.45) is 0 Å². The maximum atomic E-state index is 12.3. The van der Waals surface area contributed by atoms with Gasteiger partial charge in [-0.2, -0.15) is 9.29 Å². The molecule has 20 heteroatoms. The fraction of sp³-hybridized carbons (Fsp3) is 0.360. The third kappa shape index (κ3) is 7.82. The van der Waals surface area contributed by atoms with Crippen LogP contribution in [0.5, 0.6) is 0 Å². The predicted octanol–water partition coefficient (Wildman–Crippen LogP) is 0.821. The van der Waals surface area contributed by atoms with Crippen molar-refractivity contribution in [1.29, 1.82) is 0 Å². The van der Waals surface area contributed by atoms with Crippen LogP contribution >= 0.6 is 15.6 Å². The molecule has 2 unspecified atom stereocenters. The van der Waals surface area contributed by atoms with E-state index in [2.05, 4.69) is 24.6 Å². The summed E-state index contributed by atoms with van der Waals surface area (Å²) in [6.45, 7) is -1.06. The number of nitrogens with zero attached hydrogens (tertiary/aromatic N) is 3. The average Bonchev–Trinajstić information content (AvgIpc) is 3.52. The number of aromatic nitrogens is 4. The van der Waals surface area contributed by atoms with Gasteiger partial charge >= 0.3 is 15.6 Å². The molecular formula is C25H30N6O12P2. The molecule has 0 radical (unpaired) electrons. The minimum atomic E-state index is -5.26. The summed E-state index contributed by atoms with van der Waals surface area (Å²) in [7, 11) is -10.4. The van der Waals surface area contributed by atoms with Gasteiger partial charge in [0, 0.05) is 13.0 Å². The van der Waals surface area contributed by atoms with E-state index in [1.807, 2.05) is 42.5 Å². The number of aliphatic hydroxyl groups is 2. The summed E-state index contributed by atoms with van der Waals surface area (Å²) < 4.78 is 44.9. The minimum absolute atomic E-state index is 0.0114. The molecule has 6 atom stereocenters. The van der Waals surface area contributed by atoms with Crippen LogP contribution in [0.1, 0.15) is 24.6 Å². The Bertz CT molecular complexity index is 1840. The number of nitrogens with one attached hydrogen (secondary N) is 2. The predicted molar refractivity (Wildman–Crippen MR) is 156 cm³/mol. The van der Waals surface area contributed by atoms with Crippen molar-refractivity contribution < 1.29 is 52.0 Å². The van der Waals surface area contributed by atoms with E-state index in [0.29, 0.717) is 0 Å². The summed E-state index contributed by atoms with van der Waals surface area (Å²) in [4.78, 5) is 54.2. The monoisotopic (exact) mass is 668 g/mol. The Morgan fingerprint density at radius 3 is 2.62 bits per heavy atom. The summed E-state index contributed by atoms with van der Waals surface area (Å²) in [5.74, 6) is -0.585. The largest absolute Gasteiger partial charge is 0.481 e. The standard InChI is InChI=1S/C25H30N6O12P2/c26-25-29-22-19(23(35)30-25)28-13-31(22)24-21(34)20(33)17(42-24)12-41-45(38,39)43-44(36,37)40-10-4-9-18(32)27-11-15-7-3-6-14-5-1-2-8-16(14)15/h1-3,5-8,13,17,20-21,24,33-34H,4,9-12H2,(H,27,32)(H,36,37)(H,38,39)(H3,26,29,30,35)/t17-,20-,21-,24-/m1/s1. The van der Waals surface area contributed by atoms with Crippen molar-refractivity contribution in [2.75, 3.05) is 18.9 Å². The zero-order chi connectivity index (χ0) is 32.4. The van der Waals surface area contributed by atoms with Gasteiger partial charge < -0.3 is 35.8 Å². The molecule has 5 rings (SSSR count). The Morgan fingerprint density at radius 1 is 1.09 bits per heavy atom. The van der Waals surface area contributed by atoms with E-state index in [0.717, 1.165) is 27.2 Å². The highest BCUT2D eigenvalue weighted by Crippen LogP contribution is 2.60. The lowest BCUT2D eigenvalue weighted by Crippen LogP contribution is -2.33. The molecule has 1 saturated heterocycles. The third-order valence-corrected chi connectivity index (χ3v) is 9.46. The highest BCUT2D eigenvalue weighted by atomic mass is 31.3. The first kappa shape index (κ1) is 32.8. The van der Waals surface area contributed by atoms with Crippen LogP contribution in [0.15, 0.2) is 53.6 Å². The molecule has 18 nitrogen and oxygen atoms in total. The normalized spacial score (nSPS) is 22.8. The molecule has 1 fully saturated rings. The third-order valence-electron chi connectivity index (χ3n) is 6.83. The van der Waals surface area contributed by atoms with E-state index in [1.54, 1.807) is 0 Å². The topological polar surface area (TPSA) is 271 Å². The lowest BCUT2D eigenvalue weighted by atomic mass is 10.0. The van der Waals surface area contributed by atoms with Gasteiger partial charge in [0.1, 0.15) is 18.3 Å². The summed E-state index contributed by atoms with van der Waals surface area (Å²) in [5, 5.41) is 25.7. The zero-order valence-corrected chi connectivity index (χ0v) is 25.1. The molecule has 0 aliphatic carbocycles. The first-order valence-electron chi connectivity index (χ1n) is 13.5. The maximum Gasteiger partial charge on any atom is 0.481 e. The number of H-pyrrole nitrogens is 1. The lowest BCUT2D eigenvalue weighted by molar-refractivity contribution is -0.121. The van der Waals surface area contributed by atoms with Crippen LogP contribution in [0.3, 0.4) is 0 Å². The number of carbonyl (C=O) groups excluding carboxylic acids is 1. The molecule has 2 aromatic carbocycles. The SMILES string of the molecule is Nc1nc2c(ncn2[C@@H]2O[C@H](COP(=O)(O)OP(=O)(O)OCCCC(=O)NCc3cccc4ccccc34)[C@@H](O)[C@H]2O)c(=O)[nH]1. The maximum absolute atomic E-state index is 12.3. The number of fused-ring (bicyclic) bond motifs is 2. The van der Waals surface area contributed by atoms with Crippen LogP contribution in [-0.4, -0.2) is 77.0 Å². The molecule has 1 aliphatic heterocycles. The van der Waals surface area contributed by atoms with E-state index in [9.17, 15) is 38.7 Å². The number of amides is 1. The van der Waals surface area contributed by atoms with E-state index in [4.69, 9.17) is 19.5 Å². The van der Waals surface area contributed by atoms with Gasteiger partial charge in [0.05, 0.1) is 19.5 Å². The second kappa shape index (κ2) is 13.4. The van der Waals surface area contributed by atoms with E-state index < -0.39 is 59.0 Å². The molecule has 4 aromatic rings. The number of hydrogen-bond acceptors (Lipinski definition) is 13. The highest BCUT2D eigenvalue weighted by Gasteiger charge is 2.46. The molecule has 242 valence electrons. The number of hydrogen-bond donors (Lipinski definition) is 7. The number of nitrogens with two attached hydrogens (primary N) is 1. The molecule has 2 aromatic heterocycles. The quantitative estimate of drug-likeness (QED) is 0.0768. The second-order valence-electron chi connectivity index (χ2n) is 9.99. The number of phosphoric acid groups is 2. The minimum Gasteiger partial charge on any atom is -0.387 e. The Morgan fingerprint density at radius 2 is 1.82 bits per heavy atom. The van der Waals surface area contributed by atoms with Gasteiger partial charge in [-0.3, -0.25) is 28.2 Å².